The number of para-hydroxylation sites is 1. The Morgan fingerprint density at radius 1 is 1.11 bits per heavy atom. The summed E-state index contributed by atoms with van der Waals surface area (Å²) in [4.78, 5) is 25.4. The number of carbonyl (C=O) groups is 2. The maximum atomic E-state index is 12.3. The normalized spacial score (nSPS) is 10.2. The second kappa shape index (κ2) is 10.4. The van der Waals surface area contributed by atoms with Crippen LogP contribution in [0.5, 0.6) is 5.75 Å². The number of nitriles is 1. The van der Waals surface area contributed by atoms with E-state index in [0.29, 0.717) is 12.3 Å². The van der Waals surface area contributed by atoms with Crippen molar-refractivity contribution in [3.05, 3.63) is 66.2 Å². The first-order chi connectivity index (χ1) is 13.1. The van der Waals surface area contributed by atoms with Gasteiger partial charge in [-0.3, -0.25) is 9.69 Å². The van der Waals surface area contributed by atoms with Crippen molar-refractivity contribution in [3.8, 4) is 11.8 Å². The van der Waals surface area contributed by atoms with E-state index in [9.17, 15) is 9.59 Å². The number of hydrogen-bond acceptors (Lipinski definition) is 5. The summed E-state index contributed by atoms with van der Waals surface area (Å²) >= 11 is 0. The van der Waals surface area contributed by atoms with Crippen molar-refractivity contribution in [2.75, 3.05) is 24.7 Å². The zero-order chi connectivity index (χ0) is 19.5. The number of amides is 1. The lowest BCUT2D eigenvalue weighted by Gasteiger charge is -2.19. The fourth-order valence-corrected chi connectivity index (χ4v) is 2.27. The Morgan fingerprint density at radius 3 is 2.44 bits per heavy atom. The number of esters is 1. The number of anilines is 1. The van der Waals surface area contributed by atoms with Gasteiger partial charge in [-0.1, -0.05) is 30.3 Å². The average Bonchev–Trinajstić information content (AvgIpc) is 2.70. The zero-order valence-corrected chi connectivity index (χ0v) is 15.0. The third-order valence-electron chi connectivity index (χ3n) is 3.54. The van der Waals surface area contributed by atoms with Crippen LogP contribution in [0.15, 0.2) is 60.7 Å². The number of ether oxygens (including phenoxy) is 2. The quantitative estimate of drug-likeness (QED) is 0.408. The predicted molar refractivity (Wildman–Crippen MR) is 102 cm³/mol. The second-order valence-electron chi connectivity index (χ2n) is 5.42. The summed E-state index contributed by atoms with van der Waals surface area (Å²) in [5.74, 6) is -0.353. The Labute approximate surface area is 158 Å². The van der Waals surface area contributed by atoms with Crippen LogP contribution in [0.25, 0.3) is 6.08 Å². The van der Waals surface area contributed by atoms with Gasteiger partial charge in [0.15, 0.2) is 6.61 Å². The van der Waals surface area contributed by atoms with E-state index < -0.39 is 18.5 Å². The van der Waals surface area contributed by atoms with E-state index in [2.05, 4.69) is 0 Å². The minimum atomic E-state index is -0.637. The van der Waals surface area contributed by atoms with Crippen molar-refractivity contribution in [1.82, 2.24) is 0 Å². The van der Waals surface area contributed by atoms with Crippen LogP contribution >= 0.6 is 0 Å². The van der Waals surface area contributed by atoms with Crippen molar-refractivity contribution in [2.24, 2.45) is 0 Å². The first-order valence-electron chi connectivity index (χ1n) is 8.44. The predicted octanol–water partition coefficient (Wildman–Crippen LogP) is 3.20. The Morgan fingerprint density at radius 2 is 1.81 bits per heavy atom. The molecule has 0 unspecified atom stereocenters. The molecule has 2 aromatic rings. The van der Waals surface area contributed by atoms with Crippen LogP contribution in [0.2, 0.25) is 0 Å². The van der Waals surface area contributed by atoms with Crippen LogP contribution in [0.3, 0.4) is 0 Å². The summed E-state index contributed by atoms with van der Waals surface area (Å²) in [5, 5.41) is 8.92. The minimum Gasteiger partial charge on any atom is -0.494 e. The fraction of sp³-hybridized carbons (Fsp3) is 0.190. The number of carbonyl (C=O) groups excluding carboxylic acids is 2. The zero-order valence-electron chi connectivity index (χ0n) is 15.0. The molecule has 0 N–H and O–H groups in total. The van der Waals surface area contributed by atoms with Gasteiger partial charge in [-0.15, -0.1) is 0 Å². The lowest BCUT2D eigenvalue weighted by atomic mass is 10.2. The molecule has 0 aromatic heterocycles. The molecule has 27 heavy (non-hydrogen) atoms. The Hall–Kier alpha value is -3.59. The van der Waals surface area contributed by atoms with Gasteiger partial charge in [-0.05, 0) is 42.8 Å². The summed E-state index contributed by atoms with van der Waals surface area (Å²) in [6.45, 7) is 1.92. The molecule has 2 rings (SSSR count). The monoisotopic (exact) mass is 364 g/mol. The average molecular weight is 364 g/mol. The molecule has 0 saturated heterocycles. The summed E-state index contributed by atoms with van der Waals surface area (Å²) in [5.41, 5.74) is 1.38. The number of nitrogens with zero attached hydrogens (tertiary/aromatic N) is 2. The van der Waals surface area contributed by atoms with Crippen LogP contribution in [0.4, 0.5) is 5.69 Å². The number of rotatable bonds is 8. The molecule has 138 valence electrons. The van der Waals surface area contributed by atoms with Crippen LogP contribution in [-0.4, -0.2) is 31.6 Å². The van der Waals surface area contributed by atoms with Crippen molar-refractivity contribution in [1.29, 1.82) is 5.26 Å². The van der Waals surface area contributed by atoms with Gasteiger partial charge in [-0.25, -0.2) is 4.79 Å². The van der Waals surface area contributed by atoms with Gasteiger partial charge >= 0.3 is 5.97 Å². The van der Waals surface area contributed by atoms with Gasteiger partial charge in [0.25, 0.3) is 5.91 Å². The van der Waals surface area contributed by atoms with E-state index in [0.717, 1.165) is 11.3 Å². The summed E-state index contributed by atoms with van der Waals surface area (Å²) in [6, 6.07) is 17.9. The highest BCUT2D eigenvalue weighted by Crippen LogP contribution is 2.14. The van der Waals surface area contributed by atoms with Crippen LogP contribution in [0, 0.1) is 11.3 Å². The van der Waals surface area contributed by atoms with Crippen LogP contribution < -0.4 is 9.64 Å². The Bertz CT molecular complexity index is 824. The maximum absolute atomic E-state index is 12.3. The van der Waals surface area contributed by atoms with E-state index in [1.165, 1.54) is 11.0 Å². The fourth-order valence-electron chi connectivity index (χ4n) is 2.27. The van der Waals surface area contributed by atoms with E-state index in [1.807, 2.05) is 31.2 Å². The largest absolute Gasteiger partial charge is 0.494 e. The van der Waals surface area contributed by atoms with Gasteiger partial charge < -0.3 is 9.47 Å². The maximum Gasteiger partial charge on any atom is 0.331 e. The molecule has 0 heterocycles. The molecule has 6 nitrogen and oxygen atoms in total. The number of hydrogen-bond donors (Lipinski definition) is 0. The van der Waals surface area contributed by atoms with Gasteiger partial charge in [0.2, 0.25) is 0 Å². The van der Waals surface area contributed by atoms with Gasteiger partial charge in [0, 0.05) is 11.8 Å². The lowest BCUT2D eigenvalue weighted by molar-refractivity contribution is -0.142. The van der Waals surface area contributed by atoms with Gasteiger partial charge in [-0.2, -0.15) is 5.26 Å². The summed E-state index contributed by atoms with van der Waals surface area (Å²) in [7, 11) is 0. The third kappa shape index (κ3) is 6.33. The molecule has 2 aromatic carbocycles. The molecule has 0 aliphatic rings. The molecule has 0 radical (unpaired) electrons. The molecule has 6 heteroatoms. The summed E-state index contributed by atoms with van der Waals surface area (Å²) in [6.07, 6.45) is 2.84. The summed E-state index contributed by atoms with van der Waals surface area (Å²) < 4.78 is 10.3. The molecular formula is C21H20N2O4. The molecule has 0 spiro atoms. The van der Waals surface area contributed by atoms with Gasteiger partial charge in [0.05, 0.1) is 12.7 Å². The van der Waals surface area contributed by atoms with Crippen LogP contribution in [0.1, 0.15) is 12.5 Å². The van der Waals surface area contributed by atoms with Gasteiger partial charge in [0.1, 0.15) is 12.3 Å². The highest BCUT2D eigenvalue weighted by atomic mass is 16.5. The second-order valence-corrected chi connectivity index (χ2v) is 5.42. The third-order valence-corrected chi connectivity index (χ3v) is 3.54. The smallest absolute Gasteiger partial charge is 0.331 e. The molecule has 0 aliphatic carbocycles. The first-order valence-corrected chi connectivity index (χ1v) is 8.44. The van der Waals surface area contributed by atoms with Crippen molar-refractivity contribution >= 4 is 23.6 Å². The van der Waals surface area contributed by atoms with E-state index in [-0.39, 0.29) is 6.54 Å². The highest BCUT2D eigenvalue weighted by Gasteiger charge is 2.16. The minimum absolute atomic E-state index is 0.123. The Balaban J connectivity index is 1.89. The van der Waals surface area contributed by atoms with Crippen molar-refractivity contribution < 1.29 is 19.1 Å². The van der Waals surface area contributed by atoms with E-state index in [4.69, 9.17) is 14.7 Å². The molecule has 1 amide bonds. The lowest BCUT2D eigenvalue weighted by Crippen LogP contribution is -2.34. The first kappa shape index (κ1) is 19.7. The molecule has 0 atom stereocenters. The molecule has 0 fully saturated rings. The van der Waals surface area contributed by atoms with E-state index in [1.54, 1.807) is 42.5 Å². The topological polar surface area (TPSA) is 79.6 Å². The van der Waals surface area contributed by atoms with E-state index >= 15 is 0 Å². The molecule has 0 aliphatic heterocycles. The standard InChI is InChI=1S/C21H20N2O4/c1-2-26-19-11-8-17(9-12-19)10-13-21(25)27-16-20(24)23(15-14-22)18-6-4-3-5-7-18/h3-13H,2,15-16H2,1H3/b13-10+. The number of benzene rings is 2. The molecular weight excluding hydrogens is 344 g/mol. The van der Waals surface area contributed by atoms with Crippen molar-refractivity contribution in [2.45, 2.75) is 6.92 Å². The van der Waals surface area contributed by atoms with Crippen molar-refractivity contribution in [3.63, 3.8) is 0 Å². The molecule has 0 bridgehead atoms. The highest BCUT2D eigenvalue weighted by molar-refractivity contribution is 5.96. The molecule has 0 saturated carbocycles. The SMILES string of the molecule is CCOc1ccc(/C=C/C(=O)OCC(=O)N(CC#N)c2ccccc2)cc1. The van der Waals surface area contributed by atoms with Crippen LogP contribution in [-0.2, 0) is 14.3 Å². The Kier molecular flexibility index (Phi) is 7.61.